The zero-order chi connectivity index (χ0) is 32.2. The first-order valence-electron chi connectivity index (χ1n) is 16.7. The summed E-state index contributed by atoms with van der Waals surface area (Å²) < 4.78 is 6.47. The van der Waals surface area contributed by atoms with Gasteiger partial charge in [0.15, 0.2) is 0 Å². The Morgan fingerprint density at radius 1 is 0.531 bits per heavy atom. The van der Waals surface area contributed by atoms with Crippen LogP contribution in [0.15, 0.2) is 151 Å². The Morgan fingerprint density at radius 3 is 2.08 bits per heavy atom. The number of nitrogens with zero attached hydrogens (tertiary/aromatic N) is 3. The molecule has 0 amide bonds. The highest BCUT2D eigenvalue weighted by Crippen LogP contribution is 2.48. The predicted molar refractivity (Wildman–Crippen MR) is 213 cm³/mol. The number of fused-ring (bicyclic) bond motifs is 9. The van der Waals surface area contributed by atoms with E-state index in [1.54, 1.807) is 0 Å². The van der Waals surface area contributed by atoms with Crippen LogP contribution in [0.2, 0.25) is 0 Å². The van der Waals surface area contributed by atoms with Crippen LogP contribution in [-0.2, 0) is 7.05 Å². The van der Waals surface area contributed by atoms with Crippen molar-refractivity contribution >= 4 is 110 Å². The van der Waals surface area contributed by atoms with Crippen molar-refractivity contribution in [1.82, 2.24) is 4.57 Å². The monoisotopic (exact) mass is 661 g/mol. The lowest BCUT2D eigenvalue weighted by Gasteiger charge is -2.41. The summed E-state index contributed by atoms with van der Waals surface area (Å²) in [4.78, 5) is 5.00. The van der Waals surface area contributed by atoms with Gasteiger partial charge in [0, 0.05) is 71.2 Å². The van der Waals surface area contributed by atoms with Gasteiger partial charge in [0.1, 0.15) is 0 Å². The van der Waals surface area contributed by atoms with Crippen LogP contribution in [0.25, 0.3) is 43.0 Å². The summed E-state index contributed by atoms with van der Waals surface area (Å²) in [6.45, 7) is 0.188. The molecule has 0 unspecified atom stereocenters. The first-order valence-corrected chi connectivity index (χ1v) is 18.4. The molecule has 0 fully saturated rings. The molecule has 0 bridgehead atoms. The van der Waals surface area contributed by atoms with Crippen molar-refractivity contribution in [1.29, 1.82) is 0 Å². The molecule has 0 saturated heterocycles. The van der Waals surface area contributed by atoms with Crippen LogP contribution in [0.4, 0.5) is 34.1 Å². The van der Waals surface area contributed by atoms with E-state index >= 15 is 0 Å². The smallest absolute Gasteiger partial charge is 0.277 e. The average molecular weight is 662 g/mol. The molecule has 11 rings (SSSR count). The second-order valence-electron chi connectivity index (χ2n) is 13.0. The topological polar surface area (TPSA) is 11.4 Å². The van der Waals surface area contributed by atoms with Crippen LogP contribution in [0.3, 0.4) is 0 Å². The molecule has 0 radical (unpaired) electrons. The summed E-state index contributed by atoms with van der Waals surface area (Å²) in [7, 11) is 2.17. The van der Waals surface area contributed by atoms with Crippen molar-refractivity contribution in [2.45, 2.75) is 0 Å². The number of thiophene rings is 2. The SMILES string of the molecule is Cn1c2ccccc2c2c(-c3ccc(N4c5cccc6c5B(c5sccc5N6c5ccccc5)c5sc6ccccc6c54)cc3)cccc21. The largest absolute Gasteiger partial charge is 0.344 e. The number of anilines is 6. The second-order valence-corrected chi connectivity index (χ2v) is 15.0. The third kappa shape index (κ3) is 3.73. The van der Waals surface area contributed by atoms with E-state index in [1.165, 1.54) is 92.2 Å². The number of aryl methyl sites for hydroxylation is 1. The van der Waals surface area contributed by atoms with Crippen LogP contribution >= 0.6 is 22.7 Å². The Kier molecular flexibility index (Phi) is 5.72. The van der Waals surface area contributed by atoms with E-state index in [0.29, 0.717) is 0 Å². The third-order valence-corrected chi connectivity index (χ3v) is 12.7. The van der Waals surface area contributed by atoms with Gasteiger partial charge >= 0.3 is 0 Å². The van der Waals surface area contributed by atoms with Crippen molar-refractivity contribution in [2.24, 2.45) is 7.05 Å². The second kappa shape index (κ2) is 10.2. The standard InChI is InChI=1S/C43H28BN3S2/c1-45-33-16-7-5-13-31(33)39-30(15-9-17-34(39)45)27-21-23-29(24-22-27)47-36-19-10-18-35-40(36)44(43-41(47)32-14-6-8-20-38(32)49-43)42-37(25-26-48-42)46(35)28-11-3-2-4-12-28/h2-26H,1H3. The number of aromatic nitrogens is 1. The van der Waals surface area contributed by atoms with Gasteiger partial charge in [0.25, 0.3) is 6.71 Å². The molecule has 0 saturated carbocycles. The molecular weight excluding hydrogens is 633 g/mol. The zero-order valence-electron chi connectivity index (χ0n) is 26.7. The normalized spacial score (nSPS) is 13.3. The molecule has 0 N–H and O–H groups in total. The predicted octanol–water partition coefficient (Wildman–Crippen LogP) is 10.4. The van der Waals surface area contributed by atoms with E-state index < -0.39 is 0 Å². The Hall–Kier alpha value is -5.56. The minimum Gasteiger partial charge on any atom is -0.344 e. The summed E-state index contributed by atoms with van der Waals surface area (Å²) >= 11 is 3.83. The maximum Gasteiger partial charge on any atom is 0.277 e. The van der Waals surface area contributed by atoms with Crippen molar-refractivity contribution in [3.05, 3.63) is 151 Å². The Bertz CT molecular complexity index is 2760. The highest BCUT2D eigenvalue weighted by molar-refractivity contribution is 7.38. The molecule has 3 nitrogen and oxygen atoms in total. The lowest BCUT2D eigenvalue weighted by atomic mass is 9.39. The van der Waals surface area contributed by atoms with Crippen molar-refractivity contribution in [3.8, 4) is 11.1 Å². The van der Waals surface area contributed by atoms with Gasteiger partial charge < -0.3 is 14.4 Å². The fraction of sp³-hybridized carbons (Fsp3) is 0.0233. The van der Waals surface area contributed by atoms with Gasteiger partial charge in [0.2, 0.25) is 0 Å². The summed E-state index contributed by atoms with van der Waals surface area (Å²) in [6, 6.07) is 53.6. The third-order valence-electron chi connectivity index (χ3n) is 10.5. The van der Waals surface area contributed by atoms with Crippen molar-refractivity contribution in [2.75, 3.05) is 9.80 Å². The molecule has 230 valence electrons. The van der Waals surface area contributed by atoms with E-state index in [9.17, 15) is 0 Å². The molecule has 5 heterocycles. The lowest BCUT2D eigenvalue weighted by Crippen LogP contribution is -2.59. The number of hydrogen-bond donors (Lipinski definition) is 0. The van der Waals surface area contributed by atoms with Gasteiger partial charge in [-0.3, -0.25) is 0 Å². The maximum absolute atomic E-state index is 2.54. The van der Waals surface area contributed by atoms with Crippen LogP contribution in [-0.4, -0.2) is 11.3 Å². The zero-order valence-corrected chi connectivity index (χ0v) is 28.3. The number of rotatable bonds is 3. The first-order chi connectivity index (χ1) is 24.3. The maximum atomic E-state index is 2.54. The fourth-order valence-corrected chi connectivity index (χ4v) is 10.8. The minimum absolute atomic E-state index is 0.188. The van der Waals surface area contributed by atoms with Gasteiger partial charge in [-0.05, 0) is 82.6 Å². The van der Waals surface area contributed by atoms with Crippen molar-refractivity contribution < 1.29 is 0 Å². The van der Waals surface area contributed by atoms with Gasteiger partial charge in [-0.1, -0.05) is 84.9 Å². The highest BCUT2D eigenvalue weighted by Gasteiger charge is 2.45. The number of benzene rings is 6. The van der Waals surface area contributed by atoms with Crippen LogP contribution < -0.4 is 24.8 Å². The van der Waals surface area contributed by atoms with Gasteiger partial charge in [-0.2, -0.15) is 11.3 Å². The molecule has 2 aliphatic rings. The molecule has 3 aromatic heterocycles. The minimum atomic E-state index is 0.188. The van der Waals surface area contributed by atoms with Crippen LogP contribution in [0, 0.1) is 0 Å². The highest BCUT2D eigenvalue weighted by atomic mass is 32.1. The van der Waals surface area contributed by atoms with Crippen LogP contribution in [0.5, 0.6) is 0 Å². The summed E-state index contributed by atoms with van der Waals surface area (Å²) in [6.07, 6.45) is 0. The van der Waals surface area contributed by atoms with Gasteiger partial charge in [-0.15, -0.1) is 11.3 Å². The molecular formula is C43H28BN3S2. The molecule has 0 atom stereocenters. The summed E-state index contributed by atoms with van der Waals surface area (Å²) in [5.74, 6) is 0. The first kappa shape index (κ1) is 27.4. The molecule has 49 heavy (non-hydrogen) atoms. The molecule has 9 aromatic rings. The molecule has 6 aromatic carbocycles. The molecule has 2 aliphatic heterocycles. The molecule has 0 spiro atoms. The number of hydrogen-bond acceptors (Lipinski definition) is 4. The van der Waals surface area contributed by atoms with Crippen molar-refractivity contribution in [3.63, 3.8) is 0 Å². The Morgan fingerprint density at radius 2 is 1.22 bits per heavy atom. The summed E-state index contributed by atoms with van der Waals surface area (Å²) in [5.41, 5.74) is 13.9. The number of para-hydroxylation sites is 2. The fourth-order valence-electron chi connectivity index (χ4n) is 8.41. The Labute approximate surface area is 292 Å². The molecule has 6 heteroatoms. The molecule has 0 aliphatic carbocycles. The average Bonchev–Trinajstić information content (AvgIpc) is 3.87. The van der Waals surface area contributed by atoms with Gasteiger partial charge in [0.05, 0.1) is 11.4 Å². The van der Waals surface area contributed by atoms with E-state index in [4.69, 9.17) is 0 Å². The lowest BCUT2D eigenvalue weighted by molar-refractivity contribution is 1.01. The van der Waals surface area contributed by atoms with E-state index in [-0.39, 0.29) is 6.71 Å². The van der Waals surface area contributed by atoms with E-state index in [2.05, 4.69) is 172 Å². The van der Waals surface area contributed by atoms with E-state index in [0.717, 1.165) is 0 Å². The van der Waals surface area contributed by atoms with E-state index in [1.807, 2.05) is 22.7 Å². The van der Waals surface area contributed by atoms with Gasteiger partial charge in [-0.25, -0.2) is 0 Å². The Balaban J connectivity index is 1.14. The summed E-state index contributed by atoms with van der Waals surface area (Å²) in [5, 5.41) is 6.18. The van der Waals surface area contributed by atoms with Crippen LogP contribution in [0.1, 0.15) is 0 Å². The quantitative estimate of drug-likeness (QED) is 0.175.